The second kappa shape index (κ2) is 7.51. The number of methoxy groups -OCH3 is 1. The van der Waals surface area contributed by atoms with Crippen molar-refractivity contribution in [2.45, 2.75) is 13.0 Å². The number of amides is 1. The number of nitrogens with zero attached hydrogens (tertiary/aromatic N) is 1. The lowest BCUT2D eigenvalue weighted by molar-refractivity contribution is -0.120. The van der Waals surface area contributed by atoms with Crippen LogP contribution in [0.3, 0.4) is 0 Å². The molecule has 0 unspecified atom stereocenters. The second-order valence-electron chi connectivity index (χ2n) is 5.52. The fraction of sp³-hybridized carbons (Fsp3) is 0.150. The Hall–Kier alpha value is -3.01. The Morgan fingerprint density at radius 3 is 2.42 bits per heavy atom. The SMILES string of the molecule is COc1ccc(CC(=O)NCc2ccccc2-n2cccc2)cc1. The van der Waals surface area contributed by atoms with Gasteiger partial charge in [-0.15, -0.1) is 0 Å². The first-order valence-corrected chi connectivity index (χ1v) is 7.87. The fourth-order valence-corrected chi connectivity index (χ4v) is 2.59. The quantitative estimate of drug-likeness (QED) is 0.757. The van der Waals surface area contributed by atoms with Crippen LogP contribution < -0.4 is 10.1 Å². The Balaban J connectivity index is 1.62. The number of hydrogen-bond donors (Lipinski definition) is 1. The molecule has 2 aromatic carbocycles. The van der Waals surface area contributed by atoms with Gasteiger partial charge >= 0.3 is 0 Å². The number of hydrogen-bond acceptors (Lipinski definition) is 2. The average Bonchev–Trinajstić information content (AvgIpc) is 3.15. The van der Waals surface area contributed by atoms with Crippen LogP contribution in [0.5, 0.6) is 5.75 Å². The standard InChI is InChI=1S/C20H20N2O2/c1-24-18-10-8-16(9-11-18)14-20(23)21-15-17-6-2-3-7-19(17)22-12-4-5-13-22/h2-13H,14-15H2,1H3,(H,21,23). The minimum atomic E-state index is 0.00229. The third-order valence-corrected chi connectivity index (χ3v) is 3.87. The summed E-state index contributed by atoms with van der Waals surface area (Å²) in [5.41, 5.74) is 3.12. The van der Waals surface area contributed by atoms with Crippen molar-refractivity contribution in [1.82, 2.24) is 9.88 Å². The van der Waals surface area contributed by atoms with Gasteiger partial charge in [-0.2, -0.15) is 0 Å². The van der Waals surface area contributed by atoms with Gasteiger partial charge in [0.25, 0.3) is 0 Å². The molecule has 3 aromatic rings. The molecule has 0 aliphatic carbocycles. The van der Waals surface area contributed by atoms with Crippen molar-refractivity contribution in [3.05, 3.63) is 84.2 Å². The van der Waals surface area contributed by atoms with Gasteiger partial charge in [0.2, 0.25) is 5.91 Å². The lowest BCUT2D eigenvalue weighted by Crippen LogP contribution is -2.25. The summed E-state index contributed by atoms with van der Waals surface area (Å²) in [5, 5.41) is 2.99. The Bertz CT molecular complexity index is 793. The predicted octanol–water partition coefficient (Wildman–Crippen LogP) is 3.34. The Morgan fingerprint density at radius 2 is 1.71 bits per heavy atom. The summed E-state index contributed by atoms with van der Waals surface area (Å²) in [6.45, 7) is 0.503. The van der Waals surface area contributed by atoms with E-state index < -0.39 is 0 Å². The first kappa shape index (κ1) is 15.9. The van der Waals surface area contributed by atoms with E-state index in [4.69, 9.17) is 4.74 Å². The van der Waals surface area contributed by atoms with Crippen LogP contribution in [-0.4, -0.2) is 17.6 Å². The van der Waals surface area contributed by atoms with Crippen LogP contribution in [0.4, 0.5) is 0 Å². The van der Waals surface area contributed by atoms with E-state index >= 15 is 0 Å². The average molecular weight is 320 g/mol. The van der Waals surface area contributed by atoms with Gasteiger partial charge in [0.15, 0.2) is 0 Å². The van der Waals surface area contributed by atoms with Crippen molar-refractivity contribution >= 4 is 5.91 Å². The first-order valence-electron chi connectivity index (χ1n) is 7.87. The van der Waals surface area contributed by atoms with Gasteiger partial charge in [0, 0.05) is 24.6 Å². The van der Waals surface area contributed by atoms with Crippen molar-refractivity contribution in [1.29, 1.82) is 0 Å². The number of carbonyl (C=O) groups is 1. The third-order valence-electron chi connectivity index (χ3n) is 3.87. The zero-order valence-corrected chi connectivity index (χ0v) is 13.6. The number of nitrogens with one attached hydrogen (secondary N) is 1. The van der Waals surface area contributed by atoms with Crippen LogP contribution in [0, 0.1) is 0 Å². The van der Waals surface area contributed by atoms with Crippen molar-refractivity contribution in [2.24, 2.45) is 0 Å². The molecule has 1 heterocycles. The molecule has 0 aliphatic heterocycles. The van der Waals surface area contributed by atoms with Gasteiger partial charge in [-0.3, -0.25) is 4.79 Å². The van der Waals surface area contributed by atoms with Crippen LogP contribution in [0.15, 0.2) is 73.1 Å². The summed E-state index contributed by atoms with van der Waals surface area (Å²) in [6.07, 6.45) is 4.35. The van der Waals surface area contributed by atoms with Crippen LogP contribution in [0.25, 0.3) is 5.69 Å². The largest absolute Gasteiger partial charge is 0.497 e. The molecule has 4 heteroatoms. The van der Waals surface area contributed by atoms with Crippen LogP contribution in [0.2, 0.25) is 0 Å². The van der Waals surface area contributed by atoms with Crippen molar-refractivity contribution in [2.75, 3.05) is 7.11 Å². The van der Waals surface area contributed by atoms with E-state index in [1.807, 2.05) is 77.6 Å². The Labute approximate surface area is 141 Å². The monoisotopic (exact) mass is 320 g/mol. The molecule has 0 radical (unpaired) electrons. The number of ether oxygens (including phenoxy) is 1. The zero-order valence-electron chi connectivity index (χ0n) is 13.6. The predicted molar refractivity (Wildman–Crippen MR) is 94.3 cm³/mol. The molecular weight excluding hydrogens is 300 g/mol. The van der Waals surface area contributed by atoms with Crippen molar-refractivity contribution in [3.63, 3.8) is 0 Å². The minimum absolute atomic E-state index is 0.00229. The number of carbonyl (C=O) groups excluding carboxylic acids is 1. The molecule has 0 bridgehead atoms. The molecule has 1 N–H and O–H groups in total. The highest BCUT2D eigenvalue weighted by Gasteiger charge is 2.07. The summed E-state index contributed by atoms with van der Waals surface area (Å²) in [5.74, 6) is 0.794. The molecule has 0 spiro atoms. The van der Waals surface area contributed by atoms with Gasteiger partial charge in [0.05, 0.1) is 13.5 Å². The smallest absolute Gasteiger partial charge is 0.224 e. The van der Waals surface area contributed by atoms with Gasteiger partial charge in [-0.25, -0.2) is 0 Å². The summed E-state index contributed by atoms with van der Waals surface area (Å²) in [6, 6.07) is 19.6. The lowest BCUT2D eigenvalue weighted by atomic mass is 10.1. The fourth-order valence-electron chi connectivity index (χ4n) is 2.59. The maximum atomic E-state index is 12.2. The molecule has 1 amide bonds. The zero-order chi connectivity index (χ0) is 16.8. The lowest BCUT2D eigenvalue weighted by Gasteiger charge is -2.12. The number of aromatic nitrogens is 1. The van der Waals surface area contributed by atoms with Crippen LogP contribution in [-0.2, 0) is 17.8 Å². The van der Waals surface area contributed by atoms with Crippen LogP contribution in [0.1, 0.15) is 11.1 Å². The highest BCUT2D eigenvalue weighted by atomic mass is 16.5. The topological polar surface area (TPSA) is 43.3 Å². The van der Waals surface area contributed by atoms with Gasteiger partial charge < -0.3 is 14.6 Å². The summed E-state index contributed by atoms with van der Waals surface area (Å²) in [4.78, 5) is 12.2. The molecule has 0 atom stereocenters. The molecule has 3 rings (SSSR count). The first-order chi connectivity index (χ1) is 11.8. The molecule has 24 heavy (non-hydrogen) atoms. The van der Waals surface area contributed by atoms with Gasteiger partial charge in [0.1, 0.15) is 5.75 Å². The van der Waals surface area contributed by atoms with E-state index in [2.05, 4.69) is 5.32 Å². The molecule has 0 saturated carbocycles. The van der Waals surface area contributed by atoms with Crippen molar-refractivity contribution in [3.8, 4) is 11.4 Å². The van der Waals surface area contributed by atoms with Crippen LogP contribution >= 0.6 is 0 Å². The van der Waals surface area contributed by atoms with E-state index in [-0.39, 0.29) is 5.91 Å². The summed E-state index contributed by atoms with van der Waals surface area (Å²) in [7, 11) is 1.63. The number of rotatable bonds is 6. The molecule has 122 valence electrons. The van der Waals surface area contributed by atoms with E-state index in [9.17, 15) is 4.79 Å². The molecule has 1 aromatic heterocycles. The minimum Gasteiger partial charge on any atom is -0.497 e. The van der Waals surface area contributed by atoms with Crippen molar-refractivity contribution < 1.29 is 9.53 Å². The summed E-state index contributed by atoms with van der Waals surface area (Å²) >= 11 is 0. The Kier molecular flexibility index (Phi) is 4.96. The normalized spacial score (nSPS) is 10.4. The maximum Gasteiger partial charge on any atom is 0.224 e. The summed E-state index contributed by atoms with van der Waals surface area (Å²) < 4.78 is 7.17. The van der Waals surface area contributed by atoms with E-state index in [1.54, 1.807) is 7.11 Å². The van der Waals surface area contributed by atoms with E-state index in [0.717, 1.165) is 22.6 Å². The van der Waals surface area contributed by atoms with Gasteiger partial charge in [-0.05, 0) is 41.5 Å². The van der Waals surface area contributed by atoms with E-state index in [0.29, 0.717) is 13.0 Å². The van der Waals surface area contributed by atoms with E-state index in [1.165, 1.54) is 0 Å². The third kappa shape index (κ3) is 3.84. The molecule has 0 fully saturated rings. The maximum absolute atomic E-state index is 12.2. The molecular formula is C20H20N2O2. The molecule has 0 saturated heterocycles. The Morgan fingerprint density at radius 1 is 1.00 bits per heavy atom. The second-order valence-corrected chi connectivity index (χ2v) is 5.52. The molecule has 0 aliphatic rings. The molecule has 4 nitrogen and oxygen atoms in total. The highest BCUT2D eigenvalue weighted by molar-refractivity contribution is 5.78. The number of para-hydroxylation sites is 1. The highest BCUT2D eigenvalue weighted by Crippen LogP contribution is 2.15. The number of benzene rings is 2. The van der Waals surface area contributed by atoms with Gasteiger partial charge in [-0.1, -0.05) is 30.3 Å².